The van der Waals surface area contributed by atoms with Crippen molar-refractivity contribution in [2.75, 3.05) is 23.5 Å². The van der Waals surface area contributed by atoms with Crippen LogP contribution in [0.2, 0.25) is 0 Å². The van der Waals surface area contributed by atoms with Crippen LogP contribution in [0.25, 0.3) is 17.3 Å². The van der Waals surface area contributed by atoms with E-state index in [4.69, 9.17) is 4.74 Å². The largest absolute Gasteiger partial charge is 0.496 e. The molecule has 0 spiro atoms. The van der Waals surface area contributed by atoms with Crippen LogP contribution in [0.4, 0.5) is 16.5 Å². The summed E-state index contributed by atoms with van der Waals surface area (Å²) in [4.78, 5) is 55.1. The Bertz CT molecular complexity index is 1940. The highest BCUT2D eigenvalue weighted by Gasteiger charge is 2.19. The number of hydrogen-bond donors (Lipinski definition) is 3. The van der Waals surface area contributed by atoms with Gasteiger partial charge in [-0.2, -0.15) is 0 Å². The number of thiazole rings is 1. The number of nitro groups is 1. The fraction of sp³-hybridized carbons (Fsp3) is 0.0588. The van der Waals surface area contributed by atoms with Gasteiger partial charge in [-0.05, 0) is 60.7 Å². The highest BCUT2D eigenvalue weighted by Crippen LogP contribution is 2.32. The van der Waals surface area contributed by atoms with Crippen molar-refractivity contribution in [3.63, 3.8) is 0 Å². The fourth-order valence-corrected chi connectivity index (χ4v) is 5.75. The van der Waals surface area contributed by atoms with E-state index >= 15 is 0 Å². The number of carbonyl (C=O) groups excluding carboxylic acids is 3. The first-order valence-electron chi connectivity index (χ1n) is 14.0. The van der Waals surface area contributed by atoms with E-state index in [1.807, 2.05) is 29.6 Å². The molecule has 0 saturated carbocycles. The number of para-hydroxylation sites is 2. The molecule has 5 aromatic rings. The number of nitro benzene ring substituents is 1. The molecule has 0 saturated heterocycles. The van der Waals surface area contributed by atoms with Crippen molar-refractivity contribution in [2.45, 2.75) is 4.90 Å². The van der Waals surface area contributed by atoms with Gasteiger partial charge in [-0.25, -0.2) is 4.98 Å². The lowest BCUT2D eigenvalue weighted by Gasteiger charge is -2.12. The molecule has 0 radical (unpaired) electrons. The molecule has 13 heteroatoms. The molecule has 3 amide bonds. The van der Waals surface area contributed by atoms with Crippen LogP contribution in [0.5, 0.6) is 5.75 Å². The average molecular weight is 666 g/mol. The average Bonchev–Trinajstić information content (AvgIpc) is 3.56. The third kappa shape index (κ3) is 8.69. The summed E-state index contributed by atoms with van der Waals surface area (Å²) in [5.74, 6) is -0.640. The Morgan fingerprint density at radius 1 is 0.915 bits per heavy atom. The highest BCUT2D eigenvalue weighted by molar-refractivity contribution is 8.00. The summed E-state index contributed by atoms with van der Waals surface area (Å²) in [6.45, 7) is 0. The fourth-order valence-electron chi connectivity index (χ4n) is 4.32. The normalized spacial score (nSPS) is 11.0. The Balaban J connectivity index is 1.22. The standard InChI is InChI=1S/C34H27N5O6S2/c1-45-30-14-8-6-12-26(30)28-20-47-34(37-28)38-31(40)21-46-25-17-15-24(16-18-25)35-33(42)27(36-32(41)22-9-3-2-4-10-22)19-23-11-5-7-13-29(23)39(43)44/h2-20H,21H2,1H3,(H,35,42)(H,36,41)(H,37,38,40)/b27-19-. The predicted molar refractivity (Wildman–Crippen MR) is 184 cm³/mol. The third-order valence-corrected chi connectivity index (χ3v) is 8.35. The second kappa shape index (κ2) is 15.5. The van der Waals surface area contributed by atoms with E-state index in [-0.39, 0.29) is 28.6 Å². The smallest absolute Gasteiger partial charge is 0.276 e. The van der Waals surface area contributed by atoms with Gasteiger partial charge in [0.15, 0.2) is 5.13 Å². The molecule has 5 rings (SSSR count). The zero-order valence-electron chi connectivity index (χ0n) is 24.8. The number of hydrogen-bond acceptors (Lipinski definition) is 9. The molecule has 3 N–H and O–H groups in total. The molecular formula is C34H27N5O6S2. The van der Waals surface area contributed by atoms with Crippen LogP contribution in [0.15, 0.2) is 119 Å². The van der Waals surface area contributed by atoms with Gasteiger partial charge in [0.2, 0.25) is 5.91 Å². The van der Waals surface area contributed by atoms with Gasteiger partial charge in [0.25, 0.3) is 17.5 Å². The Hall–Kier alpha value is -5.79. The van der Waals surface area contributed by atoms with Gasteiger partial charge in [-0.3, -0.25) is 24.5 Å². The summed E-state index contributed by atoms with van der Waals surface area (Å²) < 4.78 is 5.40. The van der Waals surface area contributed by atoms with Crippen LogP contribution < -0.4 is 20.7 Å². The number of aromatic nitrogens is 1. The highest BCUT2D eigenvalue weighted by atomic mass is 32.2. The molecule has 0 unspecified atom stereocenters. The van der Waals surface area contributed by atoms with Crippen LogP contribution in [0, 0.1) is 10.1 Å². The van der Waals surface area contributed by atoms with Gasteiger partial charge in [0, 0.05) is 33.2 Å². The Kier molecular flexibility index (Phi) is 10.7. The SMILES string of the molecule is COc1ccccc1-c1csc(NC(=O)CSc2ccc(NC(=O)/C(=C/c3ccccc3[N+](=O)[O-])NC(=O)c3ccccc3)cc2)n1. The first kappa shape index (κ1) is 32.6. The molecule has 236 valence electrons. The lowest BCUT2D eigenvalue weighted by molar-refractivity contribution is -0.385. The van der Waals surface area contributed by atoms with Crippen LogP contribution in [0.3, 0.4) is 0 Å². The van der Waals surface area contributed by atoms with Crippen LogP contribution in [0.1, 0.15) is 15.9 Å². The molecule has 11 nitrogen and oxygen atoms in total. The number of thioether (sulfide) groups is 1. The van der Waals surface area contributed by atoms with Gasteiger partial charge < -0.3 is 20.7 Å². The van der Waals surface area contributed by atoms with Crippen LogP contribution in [-0.2, 0) is 9.59 Å². The molecule has 0 aliphatic rings. The molecule has 4 aromatic carbocycles. The second-order valence-electron chi connectivity index (χ2n) is 9.75. The molecule has 0 bridgehead atoms. The summed E-state index contributed by atoms with van der Waals surface area (Å²) >= 11 is 2.62. The number of anilines is 2. The van der Waals surface area contributed by atoms with E-state index in [0.717, 1.165) is 10.5 Å². The molecule has 1 heterocycles. The molecule has 0 atom stereocenters. The van der Waals surface area contributed by atoms with Crippen molar-refractivity contribution in [1.82, 2.24) is 10.3 Å². The predicted octanol–water partition coefficient (Wildman–Crippen LogP) is 6.87. The number of ether oxygens (including phenoxy) is 1. The van der Waals surface area contributed by atoms with E-state index in [1.165, 1.54) is 47.4 Å². The van der Waals surface area contributed by atoms with E-state index < -0.39 is 16.7 Å². The summed E-state index contributed by atoms with van der Waals surface area (Å²) in [6.07, 6.45) is 1.26. The molecule has 0 aliphatic carbocycles. The van der Waals surface area contributed by atoms with Gasteiger partial charge in [0.1, 0.15) is 11.4 Å². The molecule has 0 fully saturated rings. The zero-order valence-corrected chi connectivity index (χ0v) is 26.5. The number of carbonyl (C=O) groups is 3. The maximum atomic E-state index is 13.3. The maximum Gasteiger partial charge on any atom is 0.276 e. The number of nitrogens with zero attached hydrogens (tertiary/aromatic N) is 2. The van der Waals surface area contributed by atoms with Gasteiger partial charge in [-0.15, -0.1) is 23.1 Å². The minimum Gasteiger partial charge on any atom is -0.496 e. The number of nitrogens with one attached hydrogen (secondary N) is 3. The van der Waals surface area contributed by atoms with Crippen molar-refractivity contribution in [2.24, 2.45) is 0 Å². The Labute approximate surface area is 277 Å². The topological polar surface area (TPSA) is 153 Å². The van der Waals surface area contributed by atoms with Gasteiger partial charge >= 0.3 is 0 Å². The monoisotopic (exact) mass is 665 g/mol. The van der Waals surface area contributed by atoms with Crippen molar-refractivity contribution in [3.8, 4) is 17.0 Å². The summed E-state index contributed by atoms with van der Waals surface area (Å²) in [5, 5.41) is 22.0. The van der Waals surface area contributed by atoms with E-state index in [1.54, 1.807) is 67.8 Å². The Morgan fingerprint density at radius 3 is 2.36 bits per heavy atom. The Morgan fingerprint density at radius 2 is 1.62 bits per heavy atom. The third-order valence-electron chi connectivity index (χ3n) is 6.58. The minimum atomic E-state index is -0.678. The summed E-state index contributed by atoms with van der Waals surface area (Å²) in [7, 11) is 1.59. The van der Waals surface area contributed by atoms with E-state index in [2.05, 4.69) is 20.9 Å². The van der Waals surface area contributed by atoms with Gasteiger partial charge in [0.05, 0.1) is 29.0 Å². The number of amides is 3. The van der Waals surface area contributed by atoms with E-state index in [9.17, 15) is 24.5 Å². The number of benzene rings is 4. The van der Waals surface area contributed by atoms with Crippen LogP contribution in [-0.4, -0.2) is 40.5 Å². The first-order valence-corrected chi connectivity index (χ1v) is 15.9. The summed E-state index contributed by atoms with van der Waals surface area (Å²) in [6, 6.07) is 28.5. The summed E-state index contributed by atoms with van der Waals surface area (Å²) in [5.41, 5.74) is 2.00. The van der Waals surface area contributed by atoms with Crippen molar-refractivity contribution >= 4 is 63.4 Å². The van der Waals surface area contributed by atoms with Crippen molar-refractivity contribution in [3.05, 3.63) is 135 Å². The van der Waals surface area contributed by atoms with E-state index in [0.29, 0.717) is 27.8 Å². The van der Waals surface area contributed by atoms with Gasteiger partial charge in [-0.1, -0.05) is 42.5 Å². The molecule has 47 heavy (non-hydrogen) atoms. The number of rotatable bonds is 12. The van der Waals surface area contributed by atoms with Crippen LogP contribution >= 0.6 is 23.1 Å². The molecule has 0 aliphatic heterocycles. The quantitative estimate of drug-likeness (QED) is 0.0565. The first-order chi connectivity index (χ1) is 22.8. The van der Waals surface area contributed by atoms with Crippen molar-refractivity contribution in [1.29, 1.82) is 0 Å². The number of methoxy groups -OCH3 is 1. The molecular weight excluding hydrogens is 639 g/mol. The van der Waals surface area contributed by atoms with Crippen molar-refractivity contribution < 1.29 is 24.0 Å². The second-order valence-corrected chi connectivity index (χ2v) is 11.7. The maximum absolute atomic E-state index is 13.3. The molecule has 1 aromatic heterocycles. The minimum absolute atomic E-state index is 0.129. The lowest BCUT2D eigenvalue weighted by atomic mass is 10.1. The zero-order chi connectivity index (χ0) is 33.2. The lowest BCUT2D eigenvalue weighted by Crippen LogP contribution is -2.30.